The first-order valence-electron chi connectivity index (χ1n) is 16.3. The van der Waals surface area contributed by atoms with E-state index in [0.717, 1.165) is 19.4 Å². The number of amides is 1. The number of nitrogen functional groups attached to an aromatic ring is 1. The summed E-state index contributed by atoms with van der Waals surface area (Å²) in [5.41, 5.74) is 6.27. The molecule has 2 aromatic heterocycles. The Morgan fingerprint density at radius 2 is 1.96 bits per heavy atom. The Bertz CT molecular complexity index is 1660. The van der Waals surface area contributed by atoms with Crippen LogP contribution in [0.4, 0.5) is 20.3 Å². The average Bonchev–Trinajstić information content (AvgIpc) is 3.54. The summed E-state index contributed by atoms with van der Waals surface area (Å²) in [5, 5.41) is 15.3. The van der Waals surface area contributed by atoms with Crippen LogP contribution in [0.15, 0.2) is 18.3 Å². The fourth-order valence-corrected chi connectivity index (χ4v) is 8.22. The molecule has 3 atom stereocenters. The molecule has 46 heavy (non-hydrogen) atoms. The number of benzene rings is 1. The highest BCUT2D eigenvalue weighted by atomic mass is 35.5. The zero-order valence-electron chi connectivity index (χ0n) is 25.8. The van der Waals surface area contributed by atoms with Gasteiger partial charge in [0.05, 0.1) is 16.5 Å². The molecule has 1 amide bonds. The first-order chi connectivity index (χ1) is 22.1. The van der Waals surface area contributed by atoms with E-state index in [1.54, 1.807) is 18.3 Å². The molecule has 10 nitrogen and oxygen atoms in total. The number of nitrogens with one attached hydrogen (secondary N) is 1. The second-order valence-corrected chi connectivity index (χ2v) is 13.9. The van der Waals surface area contributed by atoms with E-state index in [0.29, 0.717) is 104 Å². The van der Waals surface area contributed by atoms with E-state index >= 15 is 4.39 Å². The molecule has 5 aliphatic heterocycles. The molecule has 6 bridgehead atoms. The number of fused-ring (bicyclic) bond motifs is 9. The number of pyridine rings is 1. The predicted octanol–water partition coefficient (Wildman–Crippen LogP) is 4.59. The Morgan fingerprint density at radius 3 is 2.83 bits per heavy atom. The molecular formula is C33H40ClF2N7O3. The second-order valence-electron chi connectivity index (χ2n) is 13.5. The van der Waals surface area contributed by atoms with Crippen molar-refractivity contribution in [2.24, 2.45) is 0 Å². The molecule has 3 fully saturated rings. The van der Waals surface area contributed by atoms with Gasteiger partial charge >= 0.3 is 6.01 Å². The van der Waals surface area contributed by atoms with Gasteiger partial charge in [-0.1, -0.05) is 11.6 Å². The summed E-state index contributed by atoms with van der Waals surface area (Å²) in [6.45, 7) is 2.53. The van der Waals surface area contributed by atoms with E-state index in [4.69, 9.17) is 27.1 Å². The molecular weight excluding hydrogens is 616 g/mol. The minimum Gasteiger partial charge on any atom is -0.461 e. The van der Waals surface area contributed by atoms with Crippen molar-refractivity contribution < 1.29 is 23.4 Å². The van der Waals surface area contributed by atoms with Crippen LogP contribution < -0.4 is 20.7 Å². The SMILES string of the molecule is Nc1cc(Cl)c2c(c1)-c1ncc3c(nc(OCC45CCCN4CC(F)C5)nc3c1F)N1CCCC(O)(CCNC(=O)CCCC2)C1. The molecule has 3 aromatic rings. The van der Waals surface area contributed by atoms with Gasteiger partial charge in [0, 0.05) is 61.5 Å². The van der Waals surface area contributed by atoms with Crippen LogP contribution >= 0.6 is 11.6 Å². The van der Waals surface area contributed by atoms with Crippen LogP contribution in [0.2, 0.25) is 5.02 Å². The molecule has 3 saturated heterocycles. The molecule has 5 aliphatic rings. The molecule has 0 saturated carbocycles. The van der Waals surface area contributed by atoms with Gasteiger partial charge in [0.25, 0.3) is 0 Å². The van der Waals surface area contributed by atoms with Crippen molar-refractivity contribution >= 4 is 39.9 Å². The lowest BCUT2D eigenvalue weighted by Gasteiger charge is -2.40. The first-order valence-corrected chi connectivity index (χ1v) is 16.7. The van der Waals surface area contributed by atoms with Gasteiger partial charge in [-0.2, -0.15) is 9.97 Å². The summed E-state index contributed by atoms with van der Waals surface area (Å²) >= 11 is 6.66. The number of hydrogen-bond acceptors (Lipinski definition) is 9. The Hall–Kier alpha value is -3.35. The summed E-state index contributed by atoms with van der Waals surface area (Å²) in [5.74, 6) is -0.334. The molecule has 0 aliphatic carbocycles. The van der Waals surface area contributed by atoms with E-state index in [1.807, 2.05) is 4.90 Å². The molecule has 13 heteroatoms. The van der Waals surface area contributed by atoms with Crippen LogP contribution in [0.3, 0.4) is 0 Å². The van der Waals surface area contributed by atoms with Crippen molar-refractivity contribution in [2.45, 2.75) is 81.5 Å². The average molecular weight is 656 g/mol. The van der Waals surface area contributed by atoms with E-state index < -0.39 is 23.1 Å². The van der Waals surface area contributed by atoms with Gasteiger partial charge in [-0.05, 0) is 75.6 Å². The van der Waals surface area contributed by atoms with Crippen LogP contribution in [0.5, 0.6) is 6.01 Å². The minimum atomic E-state index is -1.09. The van der Waals surface area contributed by atoms with Crippen LogP contribution in [-0.4, -0.2) is 87.5 Å². The topological polar surface area (TPSA) is 130 Å². The standard InChI is InChI=1S/C33H40ClF2N7O3/c34-25-14-21(37)13-23-22(25)5-1-2-6-26(44)38-10-9-33(45)8-4-11-42(18-33)30-24-16-39-28(23)27(36)29(24)40-31(41-30)46-19-32-7-3-12-43(32)17-20(35)15-32/h13-14,16,20,45H,1-12,15,17-19,37H2,(H,38,44). The molecule has 8 rings (SSSR count). The zero-order chi connectivity index (χ0) is 32.1. The number of piperidine rings is 1. The molecule has 0 spiro atoms. The van der Waals surface area contributed by atoms with E-state index in [-0.39, 0.29) is 36.3 Å². The van der Waals surface area contributed by atoms with Crippen LogP contribution in [0.25, 0.3) is 22.2 Å². The maximum absolute atomic E-state index is 16.8. The number of carbonyl (C=O) groups excluding carboxylic acids is 1. The smallest absolute Gasteiger partial charge is 0.319 e. The van der Waals surface area contributed by atoms with E-state index in [9.17, 15) is 14.3 Å². The number of halogens is 3. The summed E-state index contributed by atoms with van der Waals surface area (Å²) in [6.07, 6.45) is 6.46. The monoisotopic (exact) mass is 655 g/mol. The minimum absolute atomic E-state index is 0.0105. The Balaban J connectivity index is 1.35. The highest BCUT2D eigenvalue weighted by molar-refractivity contribution is 6.32. The lowest BCUT2D eigenvalue weighted by Crippen LogP contribution is -2.50. The molecule has 246 valence electrons. The number of carbonyl (C=O) groups is 1. The summed E-state index contributed by atoms with van der Waals surface area (Å²) < 4.78 is 37.5. The number of rotatable bonds is 3. The third-order valence-corrected chi connectivity index (χ3v) is 10.5. The molecule has 7 heterocycles. The first kappa shape index (κ1) is 31.3. The van der Waals surface area contributed by atoms with Crippen molar-refractivity contribution in [2.75, 3.05) is 50.0 Å². The summed E-state index contributed by atoms with van der Waals surface area (Å²) in [4.78, 5) is 30.6. The van der Waals surface area contributed by atoms with Crippen LogP contribution in [0.1, 0.15) is 63.4 Å². The maximum Gasteiger partial charge on any atom is 0.319 e. The lowest BCUT2D eigenvalue weighted by molar-refractivity contribution is -0.121. The number of anilines is 2. The number of hydrogen-bond donors (Lipinski definition) is 3. The second kappa shape index (κ2) is 12.4. The molecule has 3 unspecified atom stereocenters. The number of ether oxygens (including phenoxy) is 1. The Labute approximate surface area is 271 Å². The molecule has 1 aromatic carbocycles. The van der Waals surface area contributed by atoms with Crippen molar-refractivity contribution in [3.05, 3.63) is 34.7 Å². The summed E-state index contributed by atoms with van der Waals surface area (Å²) in [6, 6.07) is 3.29. The third-order valence-electron chi connectivity index (χ3n) is 10.2. The quantitative estimate of drug-likeness (QED) is 0.347. The Morgan fingerprint density at radius 1 is 1.13 bits per heavy atom. The zero-order valence-corrected chi connectivity index (χ0v) is 26.6. The number of nitrogens with two attached hydrogens (primary N) is 1. The molecule has 4 N–H and O–H groups in total. The van der Waals surface area contributed by atoms with Gasteiger partial charge < -0.3 is 25.8 Å². The van der Waals surface area contributed by atoms with Gasteiger partial charge in [0.1, 0.15) is 29.8 Å². The number of alkyl halides is 1. The fraction of sp³-hybridized carbons (Fsp3) is 0.576. The van der Waals surface area contributed by atoms with E-state index in [1.165, 1.54) is 0 Å². The van der Waals surface area contributed by atoms with Crippen LogP contribution in [0, 0.1) is 5.82 Å². The number of aromatic nitrogens is 3. The normalized spacial score (nSPS) is 27.3. The fourth-order valence-electron chi connectivity index (χ4n) is 7.89. The van der Waals surface area contributed by atoms with Gasteiger partial charge in [-0.3, -0.25) is 14.7 Å². The Kier molecular flexibility index (Phi) is 8.39. The molecule has 0 radical (unpaired) electrons. The lowest BCUT2D eigenvalue weighted by atomic mass is 9.89. The van der Waals surface area contributed by atoms with Crippen LogP contribution in [-0.2, 0) is 11.2 Å². The highest BCUT2D eigenvalue weighted by Gasteiger charge is 2.49. The predicted molar refractivity (Wildman–Crippen MR) is 172 cm³/mol. The van der Waals surface area contributed by atoms with Gasteiger partial charge in [-0.25, -0.2) is 8.78 Å². The van der Waals surface area contributed by atoms with Crippen molar-refractivity contribution in [1.82, 2.24) is 25.2 Å². The largest absolute Gasteiger partial charge is 0.461 e. The van der Waals surface area contributed by atoms with Crippen molar-refractivity contribution in [3.8, 4) is 17.3 Å². The number of nitrogens with zero attached hydrogens (tertiary/aromatic N) is 5. The maximum atomic E-state index is 16.8. The third kappa shape index (κ3) is 5.95. The van der Waals surface area contributed by atoms with Crippen molar-refractivity contribution in [1.29, 1.82) is 0 Å². The van der Waals surface area contributed by atoms with Gasteiger partial charge in [0.15, 0.2) is 5.82 Å². The number of aliphatic hydroxyl groups is 1. The van der Waals surface area contributed by atoms with Gasteiger partial charge in [0.2, 0.25) is 5.91 Å². The summed E-state index contributed by atoms with van der Waals surface area (Å²) in [7, 11) is 0. The van der Waals surface area contributed by atoms with Crippen molar-refractivity contribution in [3.63, 3.8) is 0 Å². The highest BCUT2D eigenvalue weighted by Crippen LogP contribution is 2.42. The van der Waals surface area contributed by atoms with E-state index in [2.05, 4.69) is 20.2 Å². The van der Waals surface area contributed by atoms with Gasteiger partial charge in [-0.15, -0.1) is 0 Å².